The quantitative estimate of drug-likeness (QED) is 0.711. The first-order chi connectivity index (χ1) is 13.2. The van der Waals surface area contributed by atoms with Gasteiger partial charge >= 0.3 is 6.18 Å². The molecule has 1 atom stereocenters. The van der Waals surface area contributed by atoms with Gasteiger partial charge in [-0.3, -0.25) is 9.78 Å². The van der Waals surface area contributed by atoms with Gasteiger partial charge in [0.2, 0.25) is 0 Å². The van der Waals surface area contributed by atoms with Crippen molar-refractivity contribution in [3.05, 3.63) is 47.0 Å². The van der Waals surface area contributed by atoms with Gasteiger partial charge in [0.15, 0.2) is 5.65 Å². The van der Waals surface area contributed by atoms with Crippen molar-refractivity contribution in [2.45, 2.75) is 32.0 Å². The van der Waals surface area contributed by atoms with Crippen LogP contribution in [0.25, 0.3) is 16.9 Å². The van der Waals surface area contributed by atoms with E-state index in [-0.39, 0.29) is 11.2 Å². The minimum atomic E-state index is -4.50. The first-order valence-corrected chi connectivity index (χ1v) is 8.95. The molecule has 28 heavy (non-hydrogen) atoms. The van der Waals surface area contributed by atoms with Gasteiger partial charge in [-0.1, -0.05) is 11.6 Å². The third-order valence-corrected chi connectivity index (χ3v) is 4.83. The monoisotopic (exact) mass is 409 g/mol. The number of aromatic nitrogens is 4. The smallest absolute Gasteiger partial charge is 0.340 e. The second-order valence-electron chi connectivity index (χ2n) is 6.80. The minimum absolute atomic E-state index is 0.0187. The molecular weight excluding hydrogens is 395 g/mol. The van der Waals surface area contributed by atoms with Gasteiger partial charge in [-0.25, -0.2) is 9.50 Å². The van der Waals surface area contributed by atoms with E-state index in [4.69, 9.17) is 11.6 Å². The van der Waals surface area contributed by atoms with Crippen LogP contribution in [-0.2, 0) is 0 Å². The molecule has 3 aromatic rings. The molecular formula is C18H15ClF3N5O. The second kappa shape index (κ2) is 6.73. The standard InChI is InChI=1S/C18H15ClF3N5O/c1-9-4-14(11-5-12(19)7-23-6-11)25-16-13(8-24-27(9)16)17(28)26-15(10-2-3-10)18(20,21)22/h4-8,10,15H,2-3H2,1H3,(H,26,28)/t15-/m1/s1. The number of nitrogens with one attached hydrogen (secondary N) is 1. The number of hydrogen-bond donors (Lipinski definition) is 1. The molecule has 1 aliphatic rings. The number of aryl methyl sites for hydroxylation is 1. The fraction of sp³-hybridized carbons (Fsp3) is 0.333. The van der Waals surface area contributed by atoms with Crippen molar-refractivity contribution in [1.82, 2.24) is 24.9 Å². The number of amides is 1. The molecule has 3 aromatic heterocycles. The Kier molecular flexibility index (Phi) is 4.49. The predicted molar refractivity (Wildman–Crippen MR) is 96.0 cm³/mol. The van der Waals surface area contributed by atoms with Gasteiger partial charge in [-0.05, 0) is 37.8 Å². The van der Waals surface area contributed by atoms with Crippen LogP contribution >= 0.6 is 11.6 Å². The molecule has 1 fully saturated rings. The molecule has 146 valence electrons. The molecule has 1 aliphatic carbocycles. The van der Waals surface area contributed by atoms with Crippen LogP contribution in [-0.4, -0.2) is 37.7 Å². The van der Waals surface area contributed by atoms with Crippen molar-refractivity contribution in [3.63, 3.8) is 0 Å². The van der Waals surface area contributed by atoms with Crippen LogP contribution in [0.2, 0.25) is 5.02 Å². The largest absolute Gasteiger partial charge is 0.408 e. The Hall–Kier alpha value is -2.68. The SMILES string of the molecule is Cc1cc(-c2cncc(Cl)c2)nc2c(C(=O)N[C@H](C3CC3)C(F)(F)F)cnn12. The maximum atomic E-state index is 13.2. The summed E-state index contributed by atoms with van der Waals surface area (Å²) in [6, 6.07) is 1.53. The lowest BCUT2D eigenvalue weighted by Crippen LogP contribution is -2.46. The predicted octanol–water partition coefficient (Wildman–Crippen LogP) is 3.82. The lowest BCUT2D eigenvalue weighted by Gasteiger charge is -2.20. The molecule has 1 N–H and O–H groups in total. The van der Waals surface area contributed by atoms with Crippen molar-refractivity contribution in [2.24, 2.45) is 5.92 Å². The van der Waals surface area contributed by atoms with E-state index in [2.05, 4.69) is 20.4 Å². The van der Waals surface area contributed by atoms with Crippen molar-refractivity contribution in [3.8, 4) is 11.3 Å². The number of halogens is 4. The molecule has 0 radical (unpaired) electrons. The summed E-state index contributed by atoms with van der Waals surface area (Å²) in [6.07, 6.45) is 0.660. The second-order valence-corrected chi connectivity index (χ2v) is 7.23. The zero-order chi connectivity index (χ0) is 20.1. The minimum Gasteiger partial charge on any atom is -0.340 e. The molecule has 0 unspecified atom stereocenters. The van der Waals surface area contributed by atoms with Gasteiger partial charge < -0.3 is 5.32 Å². The Balaban J connectivity index is 1.72. The highest BCUT2D eigenvalue weighted by Crippen LogP contribution is 2.40. The zero-order valence-electron chi connectivity index (χ0n) is 14.7. The third-order valence-electron chi connectivity index (χ3n) is 4.63. The number of nitrogens with zero attached hydrogens (tertiary/aromatic N) is 4. The summed E-state index contributed by atoms with van der Waals surface area (Å²) in [7, 11) is 0. The highest BCUT2D eigenvalue weighted by atomic mass is 35.5. The Labute approximate surface area is 162 Å². The highest BCUT2D eigenvalue weighted by Gasteiger charge is 2.49. The summed E-state index contributed by atoms with van der Waals surface area (Å²) in [4.78, 5) is 21.0. The number of pyridine rings is 1. The Morgan fingerprint density at radius 3 is 2.68 bits per heavy atom. The first kappa shape index (κ1) is 18.7. The lowest BCUT2D eigenvalue weighted by atomic mass is 10.1. The molecule has 1 amide bonds. The molecule has 6 nitrogen and oxygen atoms in total. The first-order valence-electron chi connectivity index (χ1n) is 8.58. The van der Waals surface area contributed by atoms with Crippen molar-refractivity contribution in [2.75, 3.05) is 0 Å². The maximum Gasteiger partial charge on any atom is 0.408 e. The molecule has 0 aromatic carbocycles. The summed E-state index contributed by atoms with van der Waals surface area (Å²) in [5.41, 5.74) is 1.92. The van der Waals surface area contributed by atoms with Crippen LogP contribution in [0.3, 0.4) is 0 Å². The number of carbonyl (C=O) groups excluding carboxylic acids is 1. The summed E-state index contributed by atoms with van der Waals surface area (Å²) < 4.78 is 41.1. The molecule has 0 saturated heterocycles. The van der Waals surface area contributed by atoms with Crippen LogP contribution in [0, 0.1) is 12.8 Å². The van der Waals surface area contributed by atoms with E-state index < -0.39 is 24.0 Å². The van der Waals surface area contributed by atoms with Gasteiger partial charge in [0.1, 0.15) is 11.6 Å². The number of carbonyl (C=O) groups is 1. The maximum absolute atomic E-state index is 13.2. The van der Waals surface area contributed by atoms with E-state index in [0.717, 1.165) is 0 Å². The van der Waals surface area contributed by atoms with E-state index in [1.54, 1.807) is 25.3 Å². The van der Waals surface area contributed by atoms with Crippen LogP contribution in [0.1, 0.15) is 28.9 Å². The molecule has 3 heterocycles. The van der Waals surface area contributed by atoms with Crippen molar-refractivity contribution >= 4 is 23.2 Å². The van der Waals surface area contributed by atoms with Gasteiger partial charge in [-0.15, -0.1) is 0 Å². The van der Waals surface area contributed by atoms with Crippen LogP contribution in [0.4, 0.5) is 13.2 Å². The van der Waals surface area contributed by atoms with Crippen LogP contribution in [0.5, 0.6) is 0 Å². The number of hydrogen-bond acceptors (Lipinski definition) is 4. The summed E-state index contributed by atoms with van der Waals surface area (Å²) >= 11 is 5.97. The fourth-order valence-electron chi connectivity index (χ4n) is 3.09. The summed E-state index contributed by atoms with van der Waals surface area (Å²) in [5.74, 6) is -1.42. The van der Waals surface area contributed by atoms with E-state index in [1.807, 2.05) is 0 Å². The van der Waals surface area contributed by atoms with E-state index in [1.165, 1.54) is 16.9 Å². The molecule has 0 aliphatic heterocycles. The van der Waals surface area contributed by atoms with E-state index >= 15 is 0 Å². The Bertz CT molecular complexity index is 1060. The lowest BCUT2D eigenvalue weighted by molar-refractivity contribution is -0.158. The van der Waals surface area contributed by atoms with E-state index in [9.17, 15) is 18.0 Å². The van der Waals surface area contributed by atoms with Crippen LogP contribution in [0.15, 0.2) is 30.7 Å². The summed E-state index contributed by atoms with van der Waals surface area (Å²) in [5, 5.41) is 6.62. The normalized spacial score (nSPS) is 15.6. The number of fused-ring (bicyclic) bond motifs is 1. The van der Waals surface area contributed by atoms with Crippen molar-refractivity contribution < 1.29 is 18.0 Å². The average Bonchev–Trinajstić information content (AvgIpc) is 3.36. The highest BCUT2D eigenvalue weighted by molar-refractivity contribution is 6.30. The molecule has 0 spiro atoms. The topological polar surface area (TPSA) is 72.2 Å². The zero-order valence-corrected chi connectivity index (χ0v) is 15.4. The van der Waals surface area contributed by atoms with E-state index in [0.29, 0.717) is 34.8 Å². The molecule has 4 rings (SSSR count). The van der Waals surface area contributed by atoms with Gasteiger partial charge in [0, 0.05) is 23.7 Å². The molecule has 10 heteroatoms. The average molecular weight is 410 g/mol. The molecule has 1 saturated carbocycles. The third kappa shape index (κ3) is 3.54. The fourth-order valence-corrected chi connectivity index (χ4v) is 3.26. The van der Waals surface area contributed by atoms with Crippen LogP contribution < -0.4 is 5.32 Å². The summed E-state index contributed by atoms with van der Waals surface area (Å²) in [6.45, 7) is 1.76. The van der Waals surface area contributed by atoms with Gasteiger partial charge in [0.25, 0.3) is 5.91 Å². The number of rotatable bonds is 4. The number of alkyl halides is 3. The van der Waals surface area contributed by atoms with Gasteiger partial charge in [0.05, 0.1) is 16.9 Å². The van der Waals surface area contributed by atoms with Gasteiger partial charge in [-0.2, -0.15) is 18.3 Å². The Morgan fingerprint density at radius 2 is 2.04 bits per heavy atom. The van der Waals surface area contributed by atoms with Crippen molar-refractivity contribution in [1.29, 1.82) is 0 Å². The Morgan fingerprint density at radius 1 is 1.29 bits per heavy atom. The molecule has 0 bridgehead atoms.